The van der Waals surface area contributed by atoms with Crippen LogP contribution in [0.15, 0.2) is 41.8 Å². The number of benzene rings is 1. The minimum absolute atomic E-state index is 0.0257. The molecular formula is C23H24N4O4S. The summed E-state index contributed by atoms with van der Waals surface area (Å²) in [7, 11) is 0. The zero-order valence-electron chi connectivity index (χ0n) is 17.5. The van der Waals surface area contributed by atoms with Crippen LogP contribution in [0.4, 0.5) is 0 Å². The number of nitrogens with zero attached hydrogens (tertiary/aromatic N) is 2. The van der Waals surface area contributed by atoms with E-state index in [1.54, 1.807) is 10.3 Å². The summed E-state index contributed by atoms with van der Waals surface area (Å²) in [5.41, 5.74) is 1.50. The summed E-state index contributed by atoms with van der Waals surface area (Å²) in [5.74, 6) is -1.73. The van der Waals surface area contributed by atoms with E-state index in [0.29, 0.717) is 36.4 Å². The first kappa shape index (κ1) is 23.2. The van der Waals surface area contributed by atoms with Crippen molar-refractivity contribution in [3.8, 4) is 6.07 Å². The average Bonchev–Trinajstić information content (AvgIpc) is 3.28. The van der Waals surface area contributed by atoms with Gasteiger partial charge in [-0.25, -0.2) is 0 Å². The molecule has 3 rings (SSSR count). The van der Waals surface area contributed by atoms with Gasteiger partial charge in [-0.2, -0.15) is 5.26 Å². The Bertz CT molecular complexity index is 1030. The van der Waals surface area contributed by atoms with Gasteiger partial charge in [-0.05, 0) is 24.5 Å². The number of piperidine rings is 1. The van der Waals surface area contributed by atoms with Crippen LogP contribution in [0.1, 0.15) is 40.1 Å². The van der Waals surface area contributed by atoms with Crippen molar-refractivity contribution in [3.63, 3.8) is 0 Å². The summed E-state index contributed by atoms with van der Waals surface area (Å²) in [4.78, 5) is 50.8. The molecule has 0 saturated carbocycles. The zero-order chi connectivity index (χ0) is 22.9. The molecule has 1 aliphatic rings. The van der Waals surface area contributed by atoms with E-state index in [-0.39, 0.29) is 37.1 Å². The molecule has 0 radical (unpaired) electrons. The number of carbonyl (C=O) groups excluding carboxylic acids is 4. The summed E-state index contributed by atoms with van der Waals surface area (Å²) >= 11 is 1.20. The van der Waals surface area contributed by atoms with Crippen molar-refractivity contribution < 1.29 is 19.2 Å². The molecule has 1 fully saturated rings. The van der Waals surface area contributed by atoms with Gasteiger partial charge < -0.3 is 10.2 Å². The van der Waals surface area contributed by atoms with Crippen molar-refractivity contribution in [2.75, 3.05) is 19.6 Å². The number of amides is 4. The summed E-state index contributed by atoms with van der Waals surface area (Å²) in [6.45, 7) is 0.982. The Morgan fingerprint density at radius 3 is 2.69 bits per heavy atom. The summed E-state index contributed by atoms with van der Waals surface area (Å²) in [6.07, 6.45) is 1.26. The van der Waals surface area contributed by atoms with E-state index in [0.717, 1.165) is 5.56 Å². The van der Waals surface area contributed by atoms with Gasteiger partial charge in [0.25, 0.3) is 5.91 Å². The molecule has 4 amide bonds. The second-order valence-corrected chi connectivity index (χ2v) is 8.45. The Labute approximate surface area is 190 Å². The number of thiophene rings is 1. The Balaban J connectivity index is 1.58. The van der Waals surface area contributed by atoms with E-state index in [2.05, 4.69) is 10.6 Å². The van der Waals surface area contributed by atoms with Gasteiger partial charge in [0, 0.05) is 43.8 Å². The lowest BCUT2D eigenvalue weighted by Crippen LogP contribution is -2.45. The second kappa shape index (κ2) is 11.2. The Kier molecular flexibility index (Phi) is 8.11. The van der Waals surface area contributed by atoms with Crippen LogP contribution in [0.3, 0.4) is 0 Å². The van der Waals surface area contributed by atoms with Crippen molar-refractivity contribution in [1.29, 1.82) is 5.26 Å². The maximum atomic E-state index is 13.0. The standard InChI is InChI=1S/C23H24N4O4S/c24-14-19-12-18(15-32-19)22(30)25-9-11-27(10-8-16-4-2-1-3-5-16)21(29)13-17-6-7-20(28)26-23(17)31/h1-5,12,15,17H,6-11,13H2,(H,25,30)(H,26,28,31). The largest absolute Gasteiger partial charge is 0.350 e. The molecule has 8 nitrogen and oxygen atoms in total. The SMILES string of the molecule is N#Cc1cc(C(=O)NCCN(CCc2ccccc2)C(=O)CC2CCC(=O)NC2=O)cs1. The third-order valence-corrected chi connectivity index (χ3v) is 6.11. The molecule has 1 aromatic carbocycles. The van der Waals surface area contributed by atoms with Gasteiger partial charge in [0.05, 0.1) is 5.56 Å². The minimum Gasteiger partial charge on any atom is -0.350 e. The van der Waals surface area contributed by atoms with Crippen LogP contribution in [0.25, 0.3) is 0 Å². The third kappa shape index (κ3) is 6.49. The predicted molar refractivity (Wildman–Crippen MR) is 119 cm³/mol. The first-order chi connectivity index (χ1) is 15.5. The average molecular weight is 453 g/mol. The molecule has 1 aliphatic heterocycles. The molecule has 1 aromatic heterocycles. The van der Waals surface area contributed by atoms with Crippen molar-refractivity contribution in [3.05, 3.63) is 57.8 Å². The first-order valence-corrected chi connectivity index (χ1v) is 11.3. The number of hydrogen-bond donors (Lipinski definition) is 2. The summed E-state index contributed by atoms with van der Waals surface area (Å²) < 4.78 is 0. The Morgan fingerprint density at radius 2 is 2.00 bits per heavy atom. The Morgan fingerprint density at radius 1 is 1.22 bits per heavy atom. The maximum absolute atomic E-state index is 13.0. The van der Waals surface area contributed by atoms with Crippen LogP contribution in [-0.2, 0) is 20.8 Å². The second-order valence-electron chi connectivity index (χ2n) is 7.54. The molecule has 9 heteroatoms. The van der Waals surface area contributed by atoms with E-state index in [1.807, 2.05) is 36.4 Å². The van der Waals surface area contributed by atoms with E-state index >= 15 is 0 Å². The van der Waals surface area contributed by atoms with E-state index in [4.69, 9.17) is 5.26 Å². The number of carbonyl (C=O) groups is 4. The predicted octanol–water partition coefficient (Wildman–Crippen LogP) is 1.86. The highest BCUT2D eigenvalue weighted by Crippen LogP contribution is 2.18. The normalized spacial score (nSPS) is 15.5. The highest BCUT2D eigenvalue weighted by atomic mass is 32.1. The van der Waals surface area contributed by atoms with Gasteiger partial charge in [-0.15, -0.1) is 11.3 Å². The van der Waals surface area contributed by atoms with E-state index < -0.39 is 11.8 Å². The zero-order valence-corrected chi connectivity index (χ0v) is 18.3. The van der Waals surface area contributed by atoms with Gasteiger partial charge in [0.15, 0.2) is 0 Å². The molecule has 2 heterocycles. The molecule has 2 N–H and O–H groups in total. The monoisotopic (exact) mass is 452 g/mol. The molecule has 1 unspecified atom stereocenters. The number of nitriles is 1. The highest BCUT2D eigenvalue weighted by molar-refractivity contribution is 7.10. The third-order valence-electron chi connectivity index (χ3n) is 5.28. The first-order valence-electron chi connectivity index (χ1n) is 10.4. The number of rotatable bonds is 9. The van der Waals surface area contributed by atoms with Crippen molar-refractivity contribution >= 4 is 35.0 Å². The maximum Gasteiger partial charge on any atom is 0.252 e. The van der Waals surface area contributed by atoms with Crippen LogP contribution in [-0.4, -0.2) is 48.2 Å². The lowest BCUT2D eigenvalue weighted by atomic mass is 9.94. The summed E-state index contributed by atoms with van der Waals surface area (Å²) in [6, 6.07) is 13.3. The lowest BCUT2D eigenvalue weighted by molar-refractivity contribution is -0.141. The van der Waals surface area contributed by atoms with Gasteiger partial charge in [-0.3, -0.25) is 24.5 Å². The minimum atomic E-state index is -0.524. The van der Waals surface area contributed by atoms with Gasteiger partial charge in [0.2, 0.25) is 17.7 Å². The van der Waals surface area contributed by atoms with Crippen LogP contribution in [0.2, 0.25) is 0 Å². The van der Waals surface area contributed by atoms with Gasteiger partial charge >= 0.3 is 0 Å². The molecule has 0 bridgehead atoms. The van der Waals surface area contributed by atoms with Gasteiger partial charge in [0.1, 0.15) is 10.9 Å². The molecule has 32 heavy (non-hydrogen) atoms. The molecular weight excluding hydrogens is 428 g/mol. The Hall–Kier alpha value is -3.51. The molecule has 166 valence electrons. The molecule has 1 atom stereocenters. The van der Waals surface area contributed by atoms with Crippen LogP contribution in [0.5, 0.6) is 0 Å². The quantitative estimate of drug-likeness (QED) is 0.563. The molecule has 0 spiro atoms. The van der Waals surface area contributed by atoms with Crippen molar-refractivity contribution in [2.24, 2.45) is 5.92 Å². The summed E-state index contributed by atoms with van der Waals surface area (Å²) in [5, 5.41) is 15.6. The number of hydrogen-bond acceptors (Lipinski definition) is 6. The van der Waals surface area contributed by atoms with Crippen LogP contribution >= 0.6 is 11.3 Å². The van der Waals surface area contributed by atoms with Gasteiger partial charge in [-0.1, -0.05) is 30.3 Å². The fourth-order valence-electron chi connectivity index (χ4n) is 3.46. The topological polar surface area (TPSA) is 119 Å². The van der Waals surface area contributed by atoms with Crippen molar-refractivity contribution in [2.45, 2.75) is 25.7 Å². The number of nitrogens with one attached hydrogen (secondary N) is 2. The molecule has 1 saturated heterocycles. The highest BCUT2D eigenvalue weighted by Gasteiger charge is 2.30. The molecule has 0 aliphatic carbocycles. The van der Waals surface area contributed by atoms with Crippen LogP contribution in [0, 0.1) is 17.2 Å². The van der Waals surface area contributed by atoms with E-state index in [1.165, 1.54) is 17.4 Å². The molecule has 2 aromatic rings. The van der Waals surface area contributed by atoms with Crippen LogP contribution < -0.4 is 10.6 Å². The fraction of sp³-hybridized carbons (Fsp3) is 0.348. The fourth-order valence-corrected chi connectivity index (χ4v) is 4.14. The smallest absolute Gasteiger partial charge is 0.252 e. The van der Waals surface area contributed by atoms with Crippen molar-refractivity contribution in [1.82, 2.24) is 15.5 Å². The van der Waals surface area contributed by atoms with E-state index in [9.17, 15) is 19.2 Å². The lowest BCUT2D eigenvalue weighted by Gasteiger charge is -2.26. The number of imide groups is 1.